The van der Waals surface area contributed by atoms with Crippen molar-refractivity contribution in [2.24, 2.45) is 5.92 Å². The van der Waals surface area contributed by atoms with Gasteiger partial charge in [0.2, 0.25) is 0 Å². The van der Waals surface area contributed by atoms with E-state index in [1.165, 1.54) is 6.07 Å². The van der Waals surface area contributed by atoms with Gasteiger partial charge in [-0.25, -0.2) is 4.39 Å². The number of hydrogen-bond donors (Lipinski definition) is 0. The SMILES string of the molecule is CCCn1cc(C(=O)N2CCC[C@H](COc3ccccc3F)C2)c(C)n1. The molecule has 26 heavy (non-hydrogen) atoms. The molecule has 0 radical (unpaired) electrons. The Morgan fingerprint density at radius 1 is 1.38 bits per heavy atom. The van der Waals surface area contributed by atoms with Gasteiger partial charge in [0.25, 0.3) is 5.91 Å². The molecule has 6 heteroatoms. The number of carbonyl (C=O) groups excluding carboxylic acids is 1. The largest absolute Gasteiger partial charge is 0.490 e. The number of hydrogen-bond acceptors (Lipinski definition) is 3. The number of para-hydroxylation sites is 1. The van der Waals surface area contributed by atoms with Crippen LogP contribution in [0.1, 0.15) is 42.2 Å². The number of piperidine rings is 1. The predicted octanol–water partition coefficient (Wildman–Crippen LogP) is 3.67. The van der Waals surface area contributed by atoms with Crippen LogP contribution in [0.3, 0.4) is 0 Å². The average Bonchev–Trinajstić information content (AvgIpc) is 3.01. The van der Waals surface area contributed by atoms with Crippen LogP contribution >= 0.6 is 0 Å². The first-order valence-electron chi connectivity index (χ1n) is 9.29. The fourth-order valence-electron chi connectivity index (χ4n) is 3.40. The van der Waals surface area contributed by atoms with E-state index in [4.69, 9.17) is 4.74 Å². The molecule has 5 nitrogen and oxygen atoms in total. The van der Waals surface area contributed by atoms with E-state index < -0.39 is 0 Å². The molecule has 0 N–H and O–H groups in total. The van der Waals surface area contributed by atoms with Crippen molar-refractivity contribution in [3.05, 3.63) is 47.5 Å². The van der Waals surface area contributed by atoms with E-state index in [-0.39, 0.29) is 23.4 Å². The molecule has 3 rings (SSSR count). The minimum Gasteiger partial charge on any atom is -0.490 e. The van der Waals surface area contributed by atoms with E-state index in [1.807, 2.05) is 22.7 Å². The van der Waals surface area contributed by atoms with Crippen LogP contribution < -0.4 is 4.74 Å². The van der Waals surface area contributed by atoms with Gasteiger partial charge in [-0.15, -0.1) is 0 Å². The molecule has 1 aromatic heterocycles. The summed E-state index contributed by atoms with van der Waals surface area (Å²) in [4.78, 5) is 14.8. The molecule has 1 fully saturated rings. The second-order valence-corrected chi connectivity index (χ2v) is 6.89. The van der Waals surface area contributed by atoms with Crippen molar-refractivity contribution in [1.29, 1.82) is 0 Å². The molecule has 0 spiro atoms. The monoisotopic (exact) mass is 359 g/mol. The lowest BCUT2D eigenvalue weighted by Gasteiger charge is -2.32. The maximum absolute atomic E-state index is 13.7. The van der Waals surface area contributed by atoms with Gasteiger partial charge in [0, 0.05) is 31.7 Å². The fourth-order valence-corrected chi connectivity index (χ4v) is 3.40. The molecule has 0 bridgehead atoms. The first kappa shape index (κ1) is 18.4. The predicted molar refractivity (Wildman–Crippen MR) is 97.8 cm³/mol. The third-order valence-corrected chi connectivity index (χ3v) is 4.75. The van der Waals surface area contributed by atoms with Crippen LogP contribution in [0, 0.1) is 18.7 Å². The van der Waals surface area contributed by atoms with Gasteiger partial charge >= 0.3 is 0 Å². The van der Waals surface area contributed by atoms with Crippen molar-refractivity contribution in [3.8, 4) is 5.75 Å². The Labute approximate surface area is 153 Å². The smallest absolute Gasteiger partial charge is 0.257 e. The summed E-state index contributed by atoms with van der Waals surface area (Å²) < 4.78 is 21.2. The molecule has 0 saturated carbocycles. The zero-order valence-electron chi connectivity index (χ0n) is 15.4. The Morgan fingerprint density at radius 2 is 2.19 bits per heavy atom. The molecule has 0 aliphatic carbocycles. The van der Waals surface area contributed by atoms with Gasteiger partial charge in [-0.05, 0) is 38.3 Å². The summed E-state index contributed by atoms with van der Waals surface area (Å²) in [5.41, 5.74) is 1.45. The van der Waals surface area contributed by atoms with E-state index in [0.29, 0.717) is 18.7 Å². The first-order chi connectivity index (χ1) is 12.6. The highest BCUT2D eigenvalue weighted by atomic mass is 19.1. The van der Waals surface area contributed by atoms with Crippen LogP contribution in [-0.2, 0) is 6.54 Å². The maximum atomic E-state index is 13.7. The fraction of sp³-hybridized carbons (Fsp3) is 0.500. The van der Waals surface area contributed by atoms with Crippen molar-refractivity contribution >= 4 is 5.91 Å². The Balaban J connectivity index is 1.61. The number of benzene rings is 1. The Kier molecular flexibility index (Phi) is 5.91. The highest BCUT2D eigenvalue weighted by Crippen LogP contribution is 2.22. The minimum atomic E-state index is -0.352. The van der Waals surface area contributed by atoms with Crippen molar-refractivity contribution in [1.82, 2.24) is 14.7 Å². The minimum absolute atomic E-state index is 0.0282. The lowest BCUT2D eigenvalue weighted by Crippen LogP contribution is -2.41. The van der Waals surface area contributed by atoms with Crippen LogP contribution in [0.4, 0.5) is 4.39 Å². The number of nitrogens with zero attached hydrogens (tertiary/aromatic N) is 3. The summed E-state index contributed by atoms with van der Waals surface area (Å²) in [6, 6.07) is 6.42. The summed E-state index contributed by atoms with van der Waals surface area (Å²) in [5, 5.41) is 4.42. The third kappa shape index (κ3) is 4.23. The van der Waals surface area contributed by atoms with Gasteiger partial charge in [0.05, 0.1) is 17.9 Å². The number of amides is 1. The standard InChI is InChI=1S/C20H26FN3O2/c1-3-10-24-13-17(15(2)22-24)20(25)23-11-6-7-16(12-23)14-26-19-9-5-4-8-18(19)21/h4-5,8-9,13,16H,3,6-7,10-12,14H2,1-2H3/t16-/m0/s1. The molecule has 1 atom stereocenters. The summed E-state index contributed by atoms with van der Waals surface area (Å²) in [7, 11) is 0. The van der Waals surface area contributed by atoms with Gasteiger partial charge in [-0.3, -0.25) is 9.48 Å². The Hall–Kier alpha value is -2.37. The van der Waals surface area contributed by atoms with Gasteiger partial charge in [0.1, 0.15) is 0 Å². The van der Waals surface area contributed by atoms with Crippen molar-refractivity contribution in [3.63, 3.8) is 0 Å². The summed E-state index contributed by atoms with van der Waals surface area (Å²) in [6.07, 6.45) is 4.74. The second-order valence-electron chi connectivity index (χ2n) is 6.89. The van der Waals surface area contributed by atoms with E-state index in [0.717, 1.165) is 38.0 Å². The second kappa shape index (κ2) is 8.34. The summed E-state index contributed by atoms with van der Waals surface area (Å²) in [5.74, 6) is 0.154. The summed E-state index contributed by atoms with van der Waals surface area (Å²) >= 11 is 0. The topological polar surface area (TPSA) is 47.4 Å². The van der Waals surface area contributed by atoms with Crippen molar-refractivity contribution in [2.45, 2.75) is 39.7 Å². The lowest BCUT2D eigenvalue weighted by atomic mass is 9.98. The molecule has 1 amide bonds. The van der Waals surface area contributed by atoms with Crippen LogP contribution in [0.25, 0.3) is 0 Å². The normalized spacial score (nSPS) is 17.3. The van der Waals surface area contributed by atoms with E-state index in [1.54, 1.807) is 18.2 Å². The van der Waals surface area contributed by atoms with Crippen molar-refractivity contribution < 1.29 is 13.9 Å². The maximum Gasteiger partial charge on any atom is 0.257 e. The Bertz CT molecular complexity index is 759. The molecule has 0 unspecified atom stereocenters. The molecule has 2 aromatic rings. The number of aromatic nitrogens is 2. The average molecular weight is 359 g/mol. The number of ether oxygens (including phenoxy) is 1. The van der Waals surface area contributed by atoms with Crippen molar-refractivity contribution in [2.75, 3.05) is 19.7 Å². The molecule has 1 aromatic carbocycles. The van der Waals surface area contributed by atoms with Gasteiger partial charge in [-0.1, -0.05) is 19.1 Å². The van der Waals surface area contributed by atoms with Gasteiger partial charge in [0.15, 0.2) is 11.6 Å². The van der Waals surface area contributed by atoms with Crippen LogP contribution in [0.5, 0.6) is 5.75 Å². The number of aryl methyl sites for hydroxylation is 2. The molecular formula is C20H26FN3O2. The zero-order valence-corrected chi connectivity index (χ0v) is 15.4. The molecule has 140 valence electrons. The molecule has 1 aliphatic rings. The molecule has 1 aliphatic heterocycles. The number of rotatable bonds is 6. The van der Waals surface area contributed by atoms with Crippen LogP contribution in [0.15, 0.2) is 30.5 Å². The molecule has 2 heterocycles. The highest BCUT2D eigenvalue weighted by Gasteiger charge is 2.27. The Morgan fingerprint density at radius 3 is 2.96 bits per heavy atom. The van der Waals surface area contributed by atoms with Crippen LogP contribution in [-0.4, -0.2) is 40.3 Å². The molecular weight excluding hydrogens is 333 g/mol. The van der Waals surface area contributed by atoms with E-state index in [2.05, 4.69) is 12.0 Å². The van der Waals surface area contributed by atoms with Crippen LogP contribution in [0.2, 0.25) is 0 Å². The number of likely N-dealkylation sites (tertiary alicyclic amines) is 1. The van der Waals surface area contributed by atoms with Gasteiger partial charge < -0.3 is 9.64 Å². The quantitative estimate of drug-likeness (QED) is 0.791. The van der Waals surface area contributed by atoms with Gasteiger partial charge in [-0.2, -0.15) is 5.10 Å². The number of carbonyl (C=O) groups is 1. The third-order valence-electron chi connectivity index (χ3n) is 4.75. The van der Waals surface area contributed by atoms with E-state index >= 15 is 0 Å². The zero-order chi connectivity index (χ0) is 18.5. The van der Waals surface area contributed by atoms with E-state index in [9.17, 15) is 9.18 Å². The molecule has 1 saturated heterocycles. The highest BCUT2D eigenvalue weighted by molar-refractivity contribution is 5.95. The number of halogens is 1. The first-order valence-corrected chi connectivity index (χ1v) is 9.29. The summed E-state index contributed by atoms with van der Waals surface area (Å²) in [6.45, 7) is 6.57. The lowest BCUT2D eigenvalue weighted by molar-refractivity contribution is 0.0630.